The van der Waals surface area contributed by atoms with Crippen molar-refractivity contribution in [3.05, 3.63) is 18.2 Å². The zero-order valence-electron chi connectivity index (χ0n) is 13.1. The zero-order chi connectivity index (χ0) is 14.4. The second kappa shape index (κ2) is 7.79. The summed E-state index contributed by atoms with van der Waals surface area (Å²) in [7, 11) is 4.10. The Bertz CT molecular complexity index is 385. The molecule has 4 nitrogen and oxygen atoms in total. The number of aromatic nitrogens is 2. The van der Waals surface area contributed by atoms with Crippen molar-refractivity contribution in [3.63, 3.8) is 0 Å². The first kappa shape index (κ1) is 15.5. The number of rotatable bonds is 7. The smallest absolute Gasteiger partial charge is 0.110 e. The van der Waals surface area contributed by atoms with E-state index in [9.17, 15) is 0 Å². The van der Waals surface area contributed by atoms with Gasteiger partial charge >= 0.3 is 0 Å². The summed E-state index contributed by atoms with van der Waals surface area (Å²) in [4.78, 5) is 4.46. The van der Waals surface area contributed by atoms with E-state index < -0.39 is 0 Å². The summed E-state index contributed by atoms with van der Waals surface area (Å²) < 4.78 is 8.23. The minimum Gasteiger partial charge on any atom is -0.377 e. The normalized spacial score (nSPS) is 19.9. The fraction of sp³-hybridized carbons (Fsp3) is 0.812. The number of nitrogens with zero attached hydrogens (tertiary/aromatic N) is 2. The summed E-state index contributed by atoms with van der Waals surface area (Å²) in [6.07, 6.45) is 11.8. The second-order valence-electron chi connectivity index (χ2n) is 5.87. The first-order chi connectivity index (χ1) is 9.76. The van der Waals surface area contributed by atoms with Crippen molar-refractivity contribution in [3.8, 4) is 0 Å². The van der Waals surface area contributed by atoms with Crippen LogP contribution in [0.25, 0.3) is 0 Å². The van der Waals surface area contributed by atoms with Gasteiger partial charge in [0.2, 0.25) is 0 Å². The maximum atomic E-state index is 6.12. The molecule has 0 bridgehead atoms. The van der Waals surface area contributed by atoms with Gasteiger partial charge in [-0.05, 0) is 32.7 Å². The zero-order valence-corrected chi connectivity index (χ0v) is 13.1. The molecule has 1 N–H and O–H groups in total. The lowest BCUT2D eigenvalue weighted by Gasteiger charge is -2.35. The van der Waals surface area contributed by atoms with E-state index >= 15 is 0 Å². The molecule has 1 heterocycles. The molecule has 2 unspecified atom stereocenters. The third-order valence-corrected chi connectivity index (χ3v) is 4.56. The van der Waals surface area contributed by atoms with Gasteiger partial charge in [0.15, 0.2) is 0 Å². The molecule has 1 saturated carbocycles. The number of imidazole rings is 1. The van der Waals surface area contributed by atoms with E-state index in [4.69, 9.17) is 4.74 Å². The molecule has 1 aromatic rings. The molecule has 4 heteroatoms. The number of hydrogen-bond donors (Lipinski definition) is 1. The van der Waals surface area contributed by atoms with Crippen molar-refractivity contribution in [1.82, 2.24) is 14.9 Å². The third kappa shape index (κ3) is 3.83. The van der Waals surface area contributed by atoms with Gasteiger partial charge in [-0.3, -0.25) is 0 Å². The average molecular weight is 279 g/mol. The van der Waals surface area contributed by atoms with Crippen molar-refractivity contribution < 1.29 is 4.74 Å². The molecule has 0 aromatic carbocycles. The van der Waals surface area contributed by atoms with Crippen molar-refractivity contribution >= 4 is 0 Å². The summed E-state index contributed by atoms with van der Waals surface area (Å²) >= 11 is 0. The minimum absolute atomic E-state index is 0.307. The summed E-state index contributed by atoms with van der Waals surface area (Å²) in [6.45, 7) is 2.89. The van der Waals surface area contributed by atoms with Crippen LogP contribution in [0.2, 0.25) is 0 Å². The Kier molecular flexibility index (Phi) is 6.05. The van der Waals surface area contributed by atoms with E-state index in [1.165, 1.54) is 32.1 Å². The van der Waals surface area contributed by atoms with Crippen molar-refractivity contribution in [2.75, 3.05) is 13.7 Å². The molecule has 0 saturated heterocycles. The van der Waals surface area contributed by atoms with Gasteiger partial charge in [-0.1, -0.05) is 19.3 Å². The number of nitrogens with one attached hydrogen (secondary N) is 1. The van der Waals surface area contributed by atoms with Crippen LogP contribution in [-0.2, 0) is 18.2 Å². The van der Waals surface area contributed by atoms with E-state index in [0.717, 1.165) is 18.9 Å². The highest BCUT2D eigenvalue weighted by atomic mass is 16.5. The molecule has 1 aliphatic rings. The molecule has 0 aliphatic heterocycles. The molecule has 20 heavy (non-hydrogen) atoms. The minimum atomic E-state index is 0.307. The van der Waals surface area contributed by atoms with Crippen LogP contribution in [0.5, 0.6) is 0 Å². The highest BCUT2D eigenvalue weighted by Gasteiger charge is 2.31. The second-order valence-corrected chi connectivity index (χ2v) is 5.87. The Labute approximate surface area is 122 Å². The van der Waals surface area contributed by atoms with Crippen molar-refractivity contribution in [2.45, 2.75) is 57.6 Å². The van der Waals surface area contributed by atoms with Gasteiger partial charge in [-0.25, -0.2) is 4.98 Å². The first-order valence-electron chi connectivity index (χ1n) is 8.01. The molecule has 2 atom stereocenters. The van der Waals surface area contributed by atoms with Gasteiger partial charge in [0.25, 0.3) is 0 Å². The van der Waals surface area contributed by atoms with E-state index in [1.54, 1.807) is 0 Å². The third-order valence-electron chi connectivity index (χ3n) is 4.56. The first-order valence-corrected chi connectivity index (χ1v) is 8.01. The Hall–Kier alpha value is -0.870. The highest BCUT2D eigenvalue weighted by Crippen LogP contribution is 2.30. The number of ether oxygens (including phenoxy) is 1. The highest BCUT2D eigenvalue weighted by molar-refractivity contribution is 4.97. The van der Waals surface area contributed by atoms with Crippen molar-refractivity contribution in [1.29, 1.82) is 0 Å². The Morgan fingerprint density at radius 3 is 2.70 bits per heavy atom. The van der Waals surface area contributed by atoms with Crippen molar-refractivity contribution in [2.24, 2.45) is 13.0 Å². The Morgan fingerprint density at radius 1 is 1.40 bits per heavy atom. The lowest BCUT2D eigenvalue weighted by atomic mass is 9.81. The predicted molar refractivity (Wildman–Crippen MR) is 81.7 cm³/mol. The molecule has 0 spiro atoms. The fourth-order valence-electron chi connectivity index (χ4n) is 3.41. The number of likely N-dealkylation sites (N-methyl/N-ethyl adjacent to an activating group) is 1. The van der Waals surface area contributed by atoms with Gasteiger partial charge in [-0.15, -0.1) is 0 Å². The summed E-state index contributed by atoms with van der Waals surface area (Å²) in [6, 6.07) is 0.346. The Morgan fingerprint density at radius 2 is 2.15 bits per heavy atom. The molecule has 2 rings (SSSR count). The molecular weight excluding hydrogens is 250 g/mol. The van der Waals surface area contributed by atoms with Crippen LogP contribution < -0.4 is 5.32 Å². The molecule has 114 valence electrons. The maximum Gasteiger partial charge on any atom is 0.110 e. The van der Waals surface area contributed by atoms with Gasteiger partial charge in [0.05, 0.1) is 6.10 Å². The van der Waals surface area contributed by atoms with Crippen LogP contribution in [0.1, 0.15) is 44.9 Å². The quantitative estimate of drug-likeness (QED) is 0.833. The fourth-order valence-corrected chi connectivity index (χ4v) is 3.41. The molecular formula is C16H29N3O. The van der Waals surface area contributed by atoms with Crippen LogP contribution >= 0.6 is 0 Å². The molecule has 1 aliphatic carbocycles. The van der Waals surface area contributed by atoms with Gasteiger partial charge < -0.3 is 14.6 Å². The standard InChI is InChI=1S/C16H29N3O/c1-4-20-16(13-8-6-5-7-9-13)14(17-2)12-15-18-10-11-19(15)3/h10-11,13-14,16-17H,4-9,12H2,1-3H3. The van der Waals surface area contributed by atoms with Crippen LogP contribution in [0.15, 0.2) is 12.4 Å². The molecule has 1 aromatic heterocycles. The van der Waals surface area contributed by atoms with Gasteiger partial charge in [-0.2, -0.15) is 0 Å². The maximum absolute atomic E-state index is 6.12. The predicted octanol–water partition coefficient (Wildman–Crippen LogP) is 2.54. The summed E-state index contributed by atoms with van der Waals surface area (Å²) in [5, 5.41) is 3.47. The number of aryl methyl sites for hydroxylation is 1. The lowest BCUT2D eigenvalue weighted by Crippen LogP contribution is -2.46. The van der Waals surface area contributed by atoms with E-state index in [1.807, 2.05) is 19.4 Å². The van der Waals surface area contributed by atoms with E-state index in [0.29, 0.717) is 18.1 Å². The van der Waals surface area contributed by atoms with Crippen LogP contribution in [-0.4, -0.2) is 35.4 Å². The SMILES string of the molecule is CCOC(C1CCCCC1)C(Cc1nccn1C)NC. The van der Waals surface area contributed by atoms with Gasteiger partial charge in [0.1, 0.15) is 5.82 Å². The average Bonchev–Trinajstić information content (AvgIpc) is 2.89. The summed E-state index contributed by atoms with van der Waals surface area (Å²) in [5.74, 6) is 1.83. The Balaban J connectivity index is 2.05. The monoisotopic (exact) mass is 279 g/mol. The van der Waals surface area contributed by atoms with Crippen LogP contribution in [0, 0.1) is 5.92 Å². The molecule has 0 amide bonds. The van der Waals surface area contributed by atoms with Crippen LogP contribution in [0.3, 0.4) is 0 Å². The molecule has 1 fully saturated rings. The lowest BCUT2D eigenvalue weighted by molar-refractivity contribution is -0.0164. The van der Waals surface area contributed by atoms with Crippen LogP contribution in [0.4, 0.5) is 0 Å². The largest absolute Gasteiger partial charge is 0.377 e. The van der Waals surface area contributed by atoms with E-state index in [-0.39, 0.29) is 0 Å². The van der Waals surface area contributed by atoms with E-state index in [2.05, 4.69) is 28.8 Å². The molecule has 0 radical (unpaired) electrons. The summed E-state index contributed by atoms with van der Waals surface area (Å²) in [5.41, 5.74) is 0. The number of hydrogen-bond acceptors (Lipinski definition) is 3. The topological polar surface area (TPSA) is 39.1 Å². The van der Waals surface area contributed by atoms with Gasteiger partial charge in [0, 0.05) is 38.5 Å².